The summed E-state index contributed by atoms with van der Waals surface area (Å²) in [4.78, 5) is 36.8. The molecule has 2 aromatic heterocycles. The Morgan fingerprint density at radius 1 is 1.06 bits per heavy atom. The van der Waals surface area contributed by atoms with Crippen LogP contribution in [0, 0.1) is 0 Å². The first-order chi connectivity index (χ1) is 15.2. The van der Waals surface area contributed by atoms with Gasteiger partial charge in [-0.05, 0) is 31.2 Å². The van der Waals surface area contributed by atoms with Crippen LogP contribution >= 0.6 is 11.3 Å². The summed E-state index contributed by atoms with van der Waals surface area (Å²) < 4.78 is 1.69. The maximum Gasteiger partial charge on any atom is 0.271 e. The molecule has 1 amide bonds. The highest BCUT2D eigenvalue weighted by molar-refractivity contribution is 7.17. The minimum Gasteiger partial charge on any atom is -0.336 e. The van der Waals surface area contributed by atoms with E-state index in [1.165, 1.54) is 16.6 Å². The van der Waals surface area contributed by atoms with Crippen LogP contribution in [0.2, 0.25) is 0 Å². The van der Waals surface area contributed by atoms with Crippen LogP contribution in [0.4, 0.5) is 0 Å². The largest absolute Gasteiger partial charge is 0.336 e. The van der Waals surface area contributed by atoms with Crippen LogP contribution < -0.4 is 5.56 Å². The van der Waals surface area contributed by atoms with Gasteiger partial charge in [0.25, 0.3) is 11.5 Å². The third-order valence-electron chi connectivity index (χ3n) is 6.17. The lowest BCUT2D eigenvalue weighted by Crippen LogP contribution is -2.49. The predicted octanol–water partition coefficient (Wildman–Crippen LogP) is 3.11. The second-order valence-electron chi connectivity index (χ2n) is 8.18. The Bertz CT molecular complexity index is 1170. The number of thiazole rings is 1. The maximum absolute atomic E-state index is 13.1. The highest BCUT2D eigenvalue weighted by Gasteiger charge is 2.26. The zero-order valence-corrected chi connectivity index (χ0v) is 18.3. The van der Waals surface area contributed by atoms with Gasteiger partial charge in [-0.25, -0.2) is 4.98 Å². The Kier molecular flexibility index (Phi) is 5.70. The van der Waals surface area contributed by atoms with E-state index < -0.39 is 0 Å². The molecule has 1 aromatic carbocycles. The monoisotopic (exact) mass is 434 g/mol. The summed E-state index contributed by atoms with van der Waals surface area (Å²) in [7, 11) is 0. The molecule has 2 aliphatic rings. The van der Waals surface area contributed by atoms with Crippen LogP contribution in [-0.4, -0.2) is 57.8 Å². The zero-order chi connectivity index (χ0) is 21.2. The number of aromatic nitrogens is 2. The van der Waals surface area contributed by atoms with Gasteiger partial charge in [-0.1, -0.05) is 42.5 Å². The molecule has 1 saturated heterocycles. The SMILES string of the molecule is O=C(c1cnc2sc3c(n2c1=O)CCCC3)N1CCN(C/C=C/c2ccccc2)CC1. The molecular weight excluding hydrogens is 408 g/mol. The van der Waals surface area contributed by atoms with Crippen molar-refractivity contribution in [3.8, 4) is 0 Å². The highest BCUT2D eigenvalue weighted by atomic mass is 32.1. The zero-order valence-electron chi connectivity index (χ0n) is 17.5. The molecule has 1 aliphatic heterocycles. The lowest BCUT2D eigenvalue weighted by molar-refractivity contribution is 0.0648. The standard InChI is InChI=1S/C24H26N4O2S/c29-22(19-17-25-24-28(23(19)30)20-10-4-5-11-21(20)31-24)27-15-13-26(14-16-27)12-6-9-18-7-2-1-3-8-18/h1-3,6-9,17H,4-5,10-16H2/b9-6+. The molecule has 0 unspecified atom stereocenters. The molecule has 0 spiro atoms. The second-order valence-corrected chi connectivity index (χ2v) is 9.24. The molecule has 31 heavy (non-hydrogen) atoms. The molecule has 0 N–H and O–H groups in total. The number of hydrogen-bond donors (Lipinski definition) is 0. The smallest absolute Gasteiger partial charge is 0.271 e. The number of carbonyl (C=O) groups excluding carboxylic acids is 1. The molecule has 7 heteroatoms. The third-order valence-corrected chi connectivity index (χ3v) is 7.32. The topological polar surface area (TPSA) is 57.9 Å². The molecule has 5 rings (SSSR count). The van der Waals surface area contributed by atoms with E-state index >= 15 is 0 Å². The van der Waals surface area contributed by atoms with E-state index in [2.05, 4.69) is 34.2 Å². The van der Waals surface area contributed by atoms with Crippen LogP contribution in [0.5, 0.6) is 0 Å². The Hall–Kier alpha value is -2.77. The van der Waals surface area contributed by atoms with Gasteiger partial charge in [-0.15, -0.1) is 11.3 Å². The molecule has 0 saturated carbocycles. The van der Waals surface area contributed by atoms with Crippen molar-refractivity contribution in [2.75, 3.05) is 32.7 Å². The fourth-order valence-electron chi connectivity index (χ4n) is 4.42. The Morgan fingerprint density at radius 2 is 1.84 bits per heavy atom. The molecular formula is C24H26N4O2S. The minimum atomic E-state index is -0.206. The molecule has 0 bridgehead atoms. The molecule has 1 aliphatic carbocycles. The van der Waals surface area contributed by atoms with Gasteiger partial charge in [0.2, 0.25) is 0 Å². The average Bonchev–Trinajstić information content (AvgIpc) is 3.20. The first kappa shape index (κ1) is 20.2. The summed E-state index contributed by atoms with van der Waals surface area (Å²) in [5, 5.41) is 0. The molecule has 0 atom stereocenters. The maximum atomic E-state index is 13.1. The van der Waals surface area contributed by atoms with E-state index in [0.29, 0.717) is 18.1 Å². The van der Waals surface area contributed by atoms with Crippen molar-refractivity contribution >= 4 is 28.3 Å². The minimum absolute atomic E-state index is 0.192. The predicted molar refractivity (Wildman–Crippen MR) is 124 cm³/mol. The van der Waals surface area contributed by atoms with Crippen molar-refractivity contribution in [3.63, 3.8) is 0 Å². The summed E-state index contributed by atoms with van der Waals surface area (Å²) in [6.45, 7) is 3.71. The van der Waals surface area contributed by atoms with Crippen LogP contribution in [0.3, 0.4) is 0 Å². The van der Waals surface area contributed by atoms with E-state index in [-0.39, 0.29) is 17.0 Å². The number of aryl methyl sites for hydroxylation is 2. The number of hydrogen-bond acceptors (Lipinski definition) is 5. The molecule has 0 radical (unpaired) electrons. The number of benzene rings is 1. The molecule has 3 heterocycles. The van der Waals surface area contributed by atoms with Crippen molar-refractivity contribution in [1.82, 2.24) is 19.2 Å². The lowest BCUT2D eigenvalue weighted by Gasteiger charge is -2.34. The number of fused-ring (bicyclic) bond motifs is 3. The van der Waals surface area contributed by atoms with Crippen LogP contribution in [0.25, 0.3) is 11.0 Å². The first-order valence-corrected chi connectivity index (χ1v) is 11.8. The van der Waals surface area contributed by atoms with E-state index in [1.54, 1.807) is 20.6 Å². The fourth-order valence-corrected chi connectivity index (χ4v) is 5.59. The normalized spacial score (nSPS) is 17.4. The Morgan fingerprint density at radius 3 is 2.65 bits per heavy atom. The van der Waals surface area contributed by atoms with Crippen molar-refractivity contribution in [2.45, 2.75) is 25.7 Å². The Balaban J connectivity index is 1.25. The van der Waals surface area contributed by atoms with Gasteiger partial charge in [-0.2, -0.15) is 0 Å². The highest BCUT2D eigenvalue weighted by Crippen LogP contribution is 2.28. The average molecular weight is 435 g/mol. The summed E-state index contributed by atoms with van der Waals surface area (Å²) in [6, 6.07) is 10.2. The van der Waals surface area contributed by atoms with Crippen LogP contribution in [0.15, 0.2) is 47.4 Å². The van der Waals surface area contributed by atoms with Crippen molar-refractivity contribution in [2.24, 2.45) is 0 Å². The van der Waals surface area contributed by atoms with Crippen LogP contribution in [0.1, 0.15) is 39.3 Å². The summed E-state index contributed by atoms with van der Waals surface area (Å²) in [6.07, 6.45) is 9.92. The second kappa shape index (κ2) is 8.77. The van der Waals surface area contributed by atoms with Gasteiger partial charge >= 0.3 is 0 Å². The van der Waals surface area contributed by atoms with Gasteiger partial charge in [0, 0.05) is 49.5 Å². The van der Waals surface area contributed by atoms with Crippen molar-refractivity contribution in [1.29, 1.82) is 0 Å². The van der Waals surface area contributed by atoms with E-state index in [1.807, 2.05) is 18.2 Å². The van der Waals surface area contributed by atoms with Gasteiger partial charge in [-0.3, -0.25) is 18.9 Å². The third kappa shape index (κ3) is 4.07. The van der Waals surface area contributed by atoms with Crippen molar-refractivity contribution in [3.05, 3.63) is 74.7 Å². The van der Waals surface area contributed by atoms with E-state index in [0.717, 1.165) is 51.0 Å². The van der Waals surface area contributed by atoms with Gasteiger partial charge in [0.05, 0.1) is 0 Å². The summed E-state index contributed by atoms with van der Waals surface area (Å²) >= 11 is 1.59. The number of piperazine rings is 1. The number of amides is 1. The lowest BCUT2D eigenvalue weighted by atomic mass is 10.0. The van der Waals surface area contributed by atoms with Gasteiger partial charge < -0.3 is 4.90 Å². The van der Waals surface area contributed by atoms with Gasteiger partial charge in [0.15, 0.2) is 4.96 Å². The molecule has 160 valence electrons. The molecule has 1 fully saturated rings. The van der Waals surface area contributed by atoms with E-state index in [9.17, 15) is 9.59 Å². The number of nitrogens with zero attached hydrogens (tertiary/aromatic N) is 4. The number of carbonyl (C=O) groups is 1. The molecule has 3 aromatic rings. The van der Waals surface area contributed by atoms with Crippen LogP contribution in [-0.2, 0) is 12.8 Å². The quantitative estimate of drug-likeness (QED) is 0.633. The fraction of sp³-hybridized carbons (Fsp3) is 0.375. The Labute approximate surface area is 185 Å². The van der Waals surface area contributed by atoms with Crippen molar-refractivity contribution < 1.29 is 4.79 Å². The summed E-state index contributed by atoms with van der Waals surface area (Å²) in [5.41, 5.74) is 2.24. The van der Waals surface area contributed by atoms with E-state index in [4.69, 9.17) is 0 Å². The molecule has 6 nitrogen and oxygen atoms in total. The first-order valence-electron chi connectivity index (χ1n) is 11.0. The van der Waals surface area contributed by atoms with Gasteiger partial charge in [0.1, 0.15) is 5.56 Å². The summed E-state index contributed by atoms with van der Waals surface area (Å²) in [5.74, 6) is -0.192. The number of rotatable bonds is 4.